The summed E-state index contributed by atoms with van der Waals surface area (Å²) in [4.78, 5) is 14.1. The van der Waals surface area contributed by atoms with E-state index >= 15 is 0 Å². The first-order valence-electron chi connectivity index (χ1n) is 6.89. The van der Waals surface area contributed by atoms with Crippen molar-refractivity contribution in [3.8, 4) is 5.75 Å². The molecule has 1 aliphatic heterocycles. The first-order chi connectivity index (χ1) is 10.1. The van der Waals surface area contributed by atoms with Crippen LogP contribution >= 0.6 is 11.3 Å². The molecule has 2 N–H and O–H groups in total. The third-order valence-corrected chi connectivity index (χ3v) is 4.95. The summed E-state index contributed by atoms with van der Waals surface area (Å²) in [6.07, 6.45) is 0. The first-order valence-corrected chi connectivity index (χ1v) is 7.71. The maximum absolute atomic E-state index is 11.4. The number of amides is 1. The molecule has 0 bridgehead atoms. The normalized spacial score (nSPS) is 15.1. The van der Waals surface area contributed by atoms with Crippen molar-refractivity contribution in [1.82, 2.24) is 5.32 Å². The van der Waals surface area contributed by atoms with Crippen LogP contribution in [0, 0.1) is 13.8 Å². The number of thiophene rings is 1. The van der Waals surface area contributed by atoms with Gasteiger partial charge in [0.05, 0.1) is 11.7 Å². The van der Waals surface area contributed by atoms with Crippen LogP contribution in [0.15, 0.2) is 24.3 Å². The Balaban J connectivity index is 1.97. The summed E-state index contributed by atoms with van der Waals surface area (Å²) >= 11 is 1.80. The van der Waals surface area contributed by atoms with E-state index in [1.807, 2.05) is 25.2 Å². The van der Waals surface area contributed by atoms with Crippen molar-refractivity contribution in [2.75, 3.05) is 19.0 Å². The molecule has 0 radical (unpaired) electrons. The van der Waals surface area contributed by atoms with Crippen molar-refractivity contribution in [2.24, 2.45) is 0 Å². The summed E-state index contributed by atoms with van der Waals surface area (Å²) in [7, 11) is 1.95. The summed E-state index contributed by atoms with van der Waals surface area (Å²) in [5.41, 5.74) is 3.17. The largest absolute Gasteiger partial charge is 0.482 e. The topological polar surface area (TPSA) is 50.4 Å². The Morgan fingerprint density at radius 2 is 2.14 bits per heavy atom. The minimum atomic E-state index is -0.108. The average Bonchev–Trinajstić information content (AvgIpc) is 2.78. The highest BCUT2D eigenvalue weighted by Crippen LogP contribution is 2.35. The quantitative estimate of drug-likeness (QED) is 0.916. The van der Waals surface area contributed by atoms with Gasteiger partial charge in [-0.1, -0.05) is 6.07 Å². The zero-order valence-electron chi connectivity index (χ0n) is 12.3. The smallest absolute Gasteiger partial charge is 0.262 e. The Morgan fingerprint density at radius 1 is 1.33 bits per heavy atom. The van der Waals surface area contributed by atoms with Gasteiger partial charge in [-0.2, -0.15) is 0 Å². The molecule has 1 amide bonds. The number of carbonyl (C=O) groups excluding carboxylic acids is 1. The van der Waals surface area contributed by atoms with Crippen molar-refractivity contribution >= 4 is 22.9 Å². The summed E-state index contributed by atoms with van der Waals surface area (Å²) in [6, 6.07) is 8.28. The molecule has 110 valence electrons. The fourth-order valence-electron chi connectivity index (χ4n) is 2.50. The van der Waals surface area contributed by atoms with E-state index in [0.717, 1.165) is 17.0 Å². The Kier molecular flexibility index (Phi) is 3.69. The molecule has 21 heavy (non-hydrogen) atoms. The number of ether oxygens (including phenoxy) is 1. The average molecular weight is 302 g/mol. The molecular formula is C16H18N2O2S. The molecule has 0 saturated heterocycles. The molecule has 3 rings (SSSR count). The van der Waals surface area contributed by atoms with Crippen molar-refractivity contribution < 1.29 is 9.53 Å². The second kappa shape index (κ2) is 5.50. The lowest BCUT2D eigenvalue weighted by atomic mass is 10.0. The van der Waals surface area contributed by atoms with E-state index in [9.17, 15) is 4.79 Å². The summed E-state index contributed by atoms with van der Waals surface area (Å²) in [5.74, 6) is 0.621. The van der Waals surface area contributed by atoms with E-state index in [-0.39, 0.29) is 18.6 Å². The van der Waals surface area contributed by atoms with Crippen molar-refractivity contribution in [2.45, 2.75) is 19.9 Å². The van der Waals surface area contributed by atoms with Gasteiger partial charge >= 0.3 is 0 Å². The minimum absolute atomic E-state index is 0.0884. The second-order valence-electron chi connectivity index (χ2n) is 5.20. The number of hydrogen-bond acceptors (Lipinski definition) is 4. The van der Waals surface area contributed by atoms with E-state index in [0.29, 0.717) is 0 Å². The number of benzene rings is 1. The molecule has 0 saturated carbocycles. The van der Waals surface area contributed by atoms with E-state index in [4.69, 9.17) is 4.74 Å². The Morgan fingerprint density at radius 3 is 2.81 bits per heavy atom. The van der Waals surface area contributed by atoms with Gasteiger partial charge in [0.1, 0.15) is 5.75 Å². The molecule has 0 spiro atoms. The fourth-order valence-corrected chi connectivity index (χ4v) is 3.68. The maximum atomic E-state index is 11.4. The van der Waals surface area contributed by atoms with Crippen LogP contribution in [0.4, 0.5) is 5.69 Å². The maximum Gasteiger partial charge on any atom is 0.262 e. The monoisotopic (exact) mass is 302 g/mol. The van der Waals surface area contributed by atoms with Gasteiger partial charge in [-0.3, -0.25) is 4.79 Å². The molecule has 1 atom stereocenters. The lowest BCUT2D eigenvalue weighted by Gasteiger charge is -2.21. The molecule has 1 aromatic carbocycles. The van der Waals surface area contributed by atoms with Gasteiger partial charge in [-0.25, -0.2) is 0 Å². The molecule has 2 heterocycles. The van der Waals surface area contributed by atoms with Crippen LogP contribution in [0.5, 0.6) is 5.75 Å². The number of hydrogen-bond donors (Lipinski definition) is 2. The Labute approximate surface area is 128 Å². The van der Waals surface area contributed by atoms with E-state index < -0.39 is 0 Å². The van der Waals surface area contributed by atoms with Crippen LogP contribution in [0.3, 0.4) is 0 Å². The molecule has 1 aliphatic rings. The van der Waals surface area contributed by atoms with Crippen LogP contribution in [-0.2, 0) is 4.79 Å². The summed E-state index contributed by atoms with van der Waals surface area (Å²) < 4.78 is 5.40. The van der Waals surface area contributed by atoms with Gasteiger partial charge < -0.3 is 15.4 Å². The van der Waals surface area contributed by atoms with Crippen molar-refractivity contribution in [3.05, 3.63) is 45.1 Å². The molecular weight excluding hydrogens is 284 g/mol. The predicted molar refractivity (Wildman–Crippen MR) is 85.3 cm³/mol. The highest BCUT2D eigenvalue weighted by Gasteiger charge is 2.20. The van der Waals surface area contributed by atoms with Crippen molar-refractivity contribution in [3.63, 3.8) is 0 Å². The zero-order chi connectivity index (χ0) is 15.0. The third kappa shape index (κ3) is 2.66. The fraction of sp³-hybridized carbons (Fsp3) is 0.312. The molecule has 4 nitrogen and oxygen atoms in total. The zero-order valence-corrected chi connectivity index (χ0v) is 13.1. The first kappa shape index (κ1) is 14.1. The molecule has 1 unspecified atom stereocenters. The number of nitrogens with one attached hydrogen (secondary N) is 2. The van der Waals surface area contributed by atoms with Gasteiger partial charge in [-0.15, -0.1) is 11.3 Å². The van der Waals surface area contributed by atoms with Crippen LogP contribution in [-0.4, -0.2) is 19.6 Å². The molecule has 5 heteroatoms. The van der Waals surface area contributed by atoms with Crippen LogP contribution in [0.2, 0.25) is 0 Å². The predicted octanol–water partition coefficient (Wildman–Crippen LogP) is 3.00. The standard InChI is InChI=1S/C16H18N2O2S/c1-9-6-14(21-10(9)2)16(17-3)11-4-5-13-12(7-11)18-15(19)8-20-13/h4-7,16-17H,8H2,1-3H3,(H,18,19). The third-order valence-electron chi connectivity index (χ3n) is 3.73. The minimum Gasteiger partial charge on any atom is -0.482 e. The number of anilines is 1. The second-order valence-corrected chi connectivity index (χ2v) is 6.49. The van der Waals surface area contributed by atoms with Crippen LogP contribution in [0.25, 0.3) is 0 Å². The highest BCUT2D eigenvalue weighted by atomic mass is 32.1. The summed E-state index contributed by atoms with van der Waals surface area (Å²) in [6.45, 7) is 4.35. The molecule has 0 aliphatic carbocycles. The number of carbonyl (C=O) groups is 1. The lowest BCUT2D eigenvalue weighted by Crippen LogP contribution is -2.26. The lowest BCUT2D eigenvalue weighted by molar-refractivity contribution is -0.118. The Bertz CT molecular complexity index is 674. The SMILES string of the molecule is CNC(c1ccc2c(c1)NC(=O)CO2)c1cc(C)c(C)s1. The number of rotatable bonds is 3. The molecule has 2 aromatic rings. The van der Waals surface area contributed by atoms with Gasteiger partial charge in [0.25, 0.3) is 5.91 Å². The van der Waals surface area contributed by atoms with E-state index in [1.165, 1.54) is 15.3 Å². The number of fused-ring (bicyclic) bond motifs is 1. The van der Waals surface area contributed by atoms with E-state index in [2.05, 4.69) is 30.5 Å². The highest BCUT2D eigenvalue weighted by molar-refractivity contribution is 7.12. The van der Waals surface area contributed by atoms with E-state index in [1.54, 1.807) is 11.3 Å². The van der Waals surface area contributed by atoms with Gasteiger partial charge in [0, 0.05) is 9.75 Å². The van der Waals surface area contributed by atoms with Crippen LogP contribution in [0.1, 0.15) is 26.9 Å². The van der Waals surface area contributed by atoms with Gasteiger partial charge in [0.15, 0.2) is 6.61 Å². The van der Waals surface area contributed by atoms with Crippen molar-refractivity contribution in [1.29, 1.82) is 0 Å². The Hall–Kier alpha value is -1.85. The molecule has 1 aromatic heterocycles. The molecule has 0 fully saturated rings. The summed E-state index contributed by atoms with van der Waals surface area (Å²) in [5, 5.41) is 6.21. The number of aryl methyl sites for hydroxylation is 2. The van der Waals surface area contributed by atoms with Gasteiger partial charge in [-0.05, 0) is 50.2 Å². The van der Waals surface area contributed by atoms with Crippen LogP contribution < -0.4 is 15.4 Å². The van der Waals surface area contributed by atoms with Gasteiger partial charge in [0.2, 0.25) is 0 Å².